The van der Waals surface area contributed by atoms with Crippen molar-refractivity contribution in [3.63, 3.8) is 0 Å². The Labute approximate surface area is 185 Å². The molecule has 156 valence electrons. The normalized spacial score (nSPS) is 14.5. The fourth-order valence-corrected chi connectivity index (χ4v) is 5.00. The average molecular weight is 429 g/mol. The second kappa shape index (κ2) is 8.45. The summed E-state index contributed by atoms with van der Waals surface area (Å²) < 4.78 is 2.10. The first kappa shape index (κ1) is 19.7. The summed E-state index contributed by atoms with van der Waals surface area (Å²) in [6.45, 7) is 7.94. The van der Waals surface area contributed by atoms with Gasteiger partial charge >= 0.3 is 0 Å². The smallest absolute Gasteiger partial charge is 0.137 e. The van der Waals surface area contributed by atoms with Crippen LogP contribution in [0.4, 0.5) is 11.4 Å². The molecule has 0 aliphatic carbocycles. The van der Waals surface area contributed by atoms with Crippen molar-refractivity contribution in [1.82, 2.24) is 14.7 Å². The zero-order chi connectivity index (χ0) is 21.2. The predicted octanol–water partition coefficient (Wildman–Crippen LogP) is 4.52. The Morgan fingerprint density at radius 2 is 1.94 bits per heavy atom. The Morgan fingerprint density at radius 1 is 1.13 bits per heavy atom. The van der Waals surface area contributed by atoms with Gasteiger partial charge < -0.3 is 10.2 Å². The number of fused-ring (bicyclic) bond motifs is 1. The molecule has 1 fully saturated rings. The van der Waals surface area contributed by atoms with Crippen LogP contribution in [0, 0.1) is 0 Å². The van der Waals surface area contributed by atoms with E-state index < -0.39 is 0 Å². The highest BCUT2D eigenvalue weighted by Crippen LogP contribution is 2.38. The Kier molecular flexibility index (Phi) is 5.36. The Morgan fingerprint density at radius 3 is 2.68 bits per heavy atom. The molecule has 0 saturated carbocycles. The molecule has 7 heteroatoms. The average Bonchev–Trinajstić information content (AvgIpc) is 3.43. The minimum absolute atomic E-state index is 0.852. The SMILES string of the molecule is C=Nc1c(-c2cnc3cc(-c4ccc(N5CCNCC5)cc4)ccn23)csc1C=NC. The number of nitrogens with zero attached hydrogens (tertiary/aromatic N) is 5. The van der Waals surface area contributed by atoms with E-state index in [1.165, 1.54) is 11.3 Å². The number of thiophene rings is 1. The van der Waals surface area contributed by atoms with E-state index in [1.54, 1.807) is 18.4 Å². The number of imidazole rings is 1. The minimum Gasteiger partial charge on any atom is -0.369 e. The molecule has 1 aliphatic rings. The topological polar surface area (TPSA) is 57.3 Å². The summed E-state index contributed by atoms with van der Waals surface area (Å²) in [5.74, 6) is 0. The largest absolute Gasteiger partial charge is 0.369 e. The van der Waals surface area contributed by atoms with Crippen LogP contribution in [0.5, 0.6) is 0 Å². The molecular weight excluding hydrogens is 404 g/mol. The monoisotopic (exact) mass is 428 g/mol. The third kappa shape index (κ3) is 3.66. The number of aliphatic imine (C=N–C) groups is 2. The summed E-state index contributed by atoms with van der Waals surface area (Å²) in [6, 6.07) is 13.1. The summed E-state index contributed by atoms with van der Waals surface area (Å²) in [4.78, 5) is 16.5. The fourth-order valence-electron chi connectivity index (χ4n) is 4.07. The van der Waals surface area contributed by atoms with Gasteiger partial charge in [-0.25, -0.2) is 4.98 Å². The molecule has 4 aromatic rings. The highest BCUT2D eigenvalue weighted by Gasteiger charge is 2.15. The molecule has 0 amide bonds. The second-order valence-electron chi connectivity index (χ2n) is 7.48. The Hall–Kier alpha value is -3.29. The van der Waals surface area contributed by atoms with E-state index in [4.69, 9.17) is 0 Å². The van der Waals surface area contributed by atoms with Gasteiger partial charge in [0.15, 0.2) is 0 Å². The van der Waals surface area contributed by atoms with Crippen LogP contribution in [0.15, 0.2) is 64.2 Å². The number of anilines is 1. The molecule has 1 saturated heterocycles. The van der Waals surface area contributed by atoms with E-state index in [9.17, 15) is 0 Å². The maximum absolute atomic E-state index is 4.66. The number of nitrogens with one attached hydrogen (secondary N) is 1. The van der Waals surface area contributed by atoms with Gasteiger partial charge in [0.25, 0.3) is 0 Å². The lowest BCUT2D eigenvalue weighted by Gasteiger charge is -2.29. The van der Waals surface area contributed by atoms with Gasteiger partial charge in [0.05, 0.1) is 22.5 Å². The van der Waals surface area contributed by atoms with E-state index >= 15 is 0 Å². The molecule has 0 atom stereocenters. The number of hydrogen-bond donors (Lipinski definition) is 1. The molecule has 0 spiro atoms. The van der Waals surface area contributed by atoms with E-state index in [0.29, 0.717) is 0 Å². The predicted molar refractivity (Wildman–Crippen MR) is 132 cm³/mol. The van der Waals surface area contributed by atoms with E-state index in [2.05, 4.69) is 84.3 Å². The van der Waals surface area contributed by atoms with E-state index in [-0.39, 0.29) is 0 Å². The molecule has 3 aromatic heterocycles. The van der Waals surface area contributed by atoms with Crippen LogP contribution in [0.3, 0.4) is 0 Å². The van der Waals surface area contributed by atoms with Gasteiger partial charge in [0.2, 0.25) is 0 Å². The highest BCUT2D eigenvalue weighted by atomic mass is 32.1. The first-order chi connectivity index (χ1) is 15.3. The zero-order valence-electron chi connectivity index (χ0n) is 17.5. The summed E-state index contributed by atoms with van der Waals surface area (Å²) in [5.41, 5.74) is 7.41. The van der Waals surface area contributed by atoms with Gasteiger partial charge in [0, 0.05) is 62.3 Å². The van der Waals surface area contributed by atoms with Gasteiger partial charge in [0.1, 0.15) is 5.65 Å². The first-order valence-corrected chi connectivity index (χ1v) is 11.2. The van der Waals surface area contributed by atoms with Gasteiger partial charge in [-0.15, -0.1) is 11.3 Å². The lowest BCUT2D eigenvalue weighted by molar-refractivity contribution is 0.589. The lowest BCUT2D eigenvalue weighted by atomic mass is 10.1. The first-order valence-electron chi connectivity index (χ1n) is 10.3. The molecule has 0 radical (unpaired) electrons. The Balaban J connectivity index is 1.47. The molecule has 5 rings (SSSR count). The summed E-state index contributed by atoms with van der Waals surface area (Å²) >= 11 is 1.61. The van der Waals surface area contributed by atoms with Crippen molar-refractivity contribution in [1.29, 1.82) is 0 Å². The van der Waals surface area contributed by atoms with Crippen LogP contribution < -0.4 is 10.2 Å². The van der Waals surface area contributed by atoms with Gasteiger partial charge in [-0.2, -0.15) is 0 Å². The molecule has 4 heterocycles. The number of benzene rings is 1. The summed E-state index contributed by atoms with van der Waals surface area (Å²) in [6.07, 6.45) is 5.80. The third-order valence-electron chi connectivity index (χ3n) is 5.67. The van der Waals surface area contributed by atoms with Crippen LogP contribution in [0.2, 0.25) is 0 Å². The molecular formula is C24H24N6S. The van der Waals surface area contributed by atoms with Crippen molar-refractivity contribution >= 4 is 41.3 Å². The van der Waals surface area contributed by atoms with E-state index in [1.807, 2.05) is 12.4 Å². The van der Waals surface area contributed by atoms with Crippen LogP contribution in [0.1, 0.15) is 4.88 Å². The Bertz CT molecular complexity index is 1250. The number of piperazine rings is 1. The van der Waals surface area contributed by atoms with Crippen molar-refractivity contribution in [3.05, 3.63) is 59.0 Å². The van der Waals surface area contributed by atoms with Gasteiger partial charge in [-0.3, -0.25) is 14.4 Å². The fraction of sp³-hybridized carbons (Fsp3) is 0.208. The van der Waals surface area contributed by atoms with Crippen LogP contribution in [0.25, 0.3) is 28.0 Å². The molecule has 6 nitrogen and oxygen atoms in total. The minimum atomic E-state index is 0.852. The summed E-state index contributed by atoms with van der Waals surface area (Å²) in [7, 11) is 1.76. The van der Waals surface area contributed by atoms with Crippen LogP contribution in [-0.2, 0) is 0 Å². The maximum atomic E-state index is 4.66. The maximum Gasteiger partial charge on any atom is 0.137 e. The molecule has 1 aliphatic heterocycles. The number of hydrogen-bond acceptors (Lipinski definition) is 6. The molecule has 1 aromatic carbocycles. The summed E-state index contributed by atoms with van der Waals surface area (Å²) in [5, 5.41) is 5.49. The number of pyridine rings is 1. The highest BCUT2D eigenvalue weighted by molar-refractivity contribution is 7.12. The third-order valence-corrected chi connectivity index (χ3v) is 6.57. The van der Waals surface area contributed by atoms with E-state index in [0.717, 1.165) is 59.2 Å². The van der Waals surface area contributed by atoms with Crippen molar-refractivity contribution in [2.45, 2.75) is 0 Å². The zero-order valence-corrected chi connectivity index (χ0v) is 18.3. The van der Waals surface area contributed by atoms with Gasteiger partial charge in [-0.05, 0) is 42.1 Å². The van der Waals surface area contributed by atoms with Crippen molar-refractivity contribution < 1.29 is 0 Å². The van der Waals surface area contributed by atoms with Crippen molar-refractivity contribution in [2.75, 3.05) is 38.1 Å². The van der Waals surface area contributed by atoms with Crippen molar-refractivity contribution in [2.24, 2.45) is 9.98 Å². The lowest BCUT2D eigenvalue weighted by Crippen LogP contribution is -2.43. The van der Waals surface area contributed by atoms with Crippen LogP contribution >= 0.6 is 11.3 Å². The van der Waals surface area contributed by atoms with Crippen molar-refractivity contribution in [3.8, 4) is 22.4 Å². The molecule has 0 bridgehead atoms. The molecule has 1 N–H and O–H groups in total. The number of rotatable bonds is 5. The standard InChI is InChI=1S/C24H24N6S/c1-25-15-22-24(26-2)20(16-31-22)21-14-28-23-13-18(7-10-30(21)23)17-3-5-19(6-4-17)29-11-8-27-9-12-29/h3-7,10,13-16,27H,2,8-9,11-12H2,1H3. The molecule has 31 heavy (non-hydrogen) atoms. The second-order valence-corrected chi connectivity index (χ2v) is 8.39. The van der Waals surface area contributed by atoms with Gasteiger partial charge in [-0.1, -0.05) is 12.1 Å². The van der Waals surface area contributed by atoms with Crippen LogP contribution in [-0.4, -0.2) is 55.5 Å². The number of aromatic nitrogens is 2. The quantitative estimate of drug-likeness (QED) is 0.476. The molecule has 0 unspecified atom stereocenters.